The smallest absolute Gasteiger partial charge is 0.328 e. The lowest BCUT2D eigenvalue weighted by Crippen LogP contribution is -2.36. The quantitative estimate of drug-likeness (QED) is 0.604. The van der Waals surface area contributed by atoms with E-state index in [1.165, 1.54) is 6.07 Å². The first-order valence-electron chi connectivity index (χ1n) is 6.64. The van der Waals surface area contributed by atoms with E-state index in [2.05, 4.69) is 27.6 Å². The third-order valence-corrected chi connectivity index (χ3v) is 5.09. The van der Waals surface area contributed by atoms with Crippen molar-refractivity contribution >= 4 is 22.6 Å². The fraction of sp³-hybridized carbons (Fsp3) is 0.692. The average molecular weight is 392 g/mol. The van der Waals surface area contributed by atoms with Crippen molar-refractivity contribution in [3.05, 3.63) is 33.1 Å². The van der Waals surface area contributed by atoms with Gasteiger partial charge in [-0.1, -0.05) is 22.6 Å². The summed E-state index contributed by atoms with van der Waals surface area (Å²) in [5, 5.41) is 0. The van der Waals surface area contributed by atoms with E-state index in [9.17, 15) is 9.59 Å². The Bertz CT molecular complexity index is 623. The Balaban J connectivity index is 1.98. The number of alkyl halides is 1. The molecule has 2 fully saturated rings. The van der Waals surface area contributed by atoms with Gasteiger partial charge >= 0.3 is 5.69 Å². The highest BCUT2D eigenvalue weighted by Crippen LogP contribution is 2.46. The molecule has 0 amide bonds. The number of hydrogen-bond donors (Lipinski definition) is 1. The Labute approximate surface area is 129 Å². The molecule has 0 spiro atoms. The number of nitrogens with one attached hydrogen (secondary N) is 1. The van der Waals surface area contributed by atoms with Gasteiger partial charge in [0.2, 0.25) is 0 Å². The summed E-state index contributed by atoms with van der Waals surface area (Å²) in [6.45, 7) is 3.78. The van der Waals surface area contributed by atoms with Gasteiger partial charge in [0.15, 0.2) is 5.79 Å². The van der Waals surface area contributed by atoms with Gasteiger partial charge in [-0.3, -0.25) is 14.3 Å². The molecule has 3 rings (SSSR count). The van der Waals surface area contributed by atoms with Gasteiger partial charge in [-0.25, -0.2) is 4.79 Å². The number of aromatic nitrogens is 2. The minimum Gasteiger partial charge on any atom is -0.344 e. The number of aromatic amines is 1. The molecule has 2 heterocycles. The molecule has 20 heavy (non-hydrogen) atoms. The van der Waals surface area contributed by atoms with Crippen molar-refractivity contribution in [2.24, 2.45) is 5.92 Å². The van der Waals surface area contributed by atoms with Crippen LogP contribution in [0.25, 0.3) is 0 Å². The molecule has 1 aliphatic carbocycles. The molecular weight excluding hydrogens is 375 g/mol. The molecule has 0 unspecified atom stereocenters. The largest absolute Gasteiger partial charge is 0.344 e. The zero-order valence-electron chi connectivity index (χ0n) is 11.3. The van der Waals surface area contributed by atoms with Crippen LogP contribution in [0.15, 0.2) is 21.9 Å². The van der Waals surface area contributed by atoms with Crippen LogP contribution in [0, 0.1) is 5.92 Å². The van der Waals surface area contributed by atoms with Crippen LogP contribution in [0.5, 0.6) is 0 Å². The first-order valence-corrected chi connectivity index (χ1v) is 8.17. The van der Waals surface area contributed by atoms with Gasteiger partial charge in [0, 0.05) is 16.7 Å². The molecule has 2 aliphatic rings. The summed E-state index contributed by atoms with van der Waals surface area (Å²) in [4.78, 5) is 25.5. The van der Waals surface area contributed by atoms with Crippen LogP contribution in [-0.4, -0.2) is 32.0 Å². The van der Waals surface area contributed by atoms with Crippen molar-refractivity contribution in [2.75, 3.05) is 4.43 Å². The van der Waals surface area contributed by atoms with E-state index in [0.29, 0.717) is 5.92 Å². The Morgan fingerprint density at radius 3 is 2.75 bits per heavy atom. The van der Waals surface area contributed by atoms with Crippen LogP contribution in [0.1, 0.15) is 26.3 Å². The van der Waals surface area contributed by atoms with Gasteiger partial charge in [-0.05, 0) is 26.2 Å². The van der Waals surface area contributed by atoms with Gasteiger partial charge < -0.3 is 9.47 Å². The van der Waals surface area contributed by atoms with E-state index in [0.717, 1.165) is 10.8 Å². The van der Waals surface area contributed by atoms with Crippen molar-refractivity contribution in [3.8, 4) is 0 Å². The maximum Gasteiger partial charge on any atom is 0.328 e. The van der Waals surface area contributed by atoms with Crippen LogP contribution in [0.4, 0.5) is 0 Å². The lowest BCUT2D eigenvalue weighted by atomic mass is 10.1. The number of fused-ring (bicyclic) bond motifs is 1. The molecule has 0 radical (unpaired) electrons. The van der Waals surface area contributed by atoms with Crippen LogP contribution in [0.3, 0.4) is 0 Å². The second-order valence-corrected chi connectivity index (χ2v) is 6.68. The summed E-state index contributed by atoms with van der Waals surface area (Å²) in [6.07, 6.45) is 2.23. The third kappa shape index (κ3) is 2.35. The normalized spacial score (nSPS) is 35.1. The summed E-state index contributed by atoms with van der Waals surface area (Å²) in [5.74, 6) is -0.268. The highest BCUT2D eigenvalue weighted by Gasteiger charge is 2.54. The SMILES string of the molecule is CC1(C)O[C@@H]2[C@@H](CI)C[C@@H](n3ccc(=O)[nH]c3=O)[C@@H]2O1. The standard InChI is InChI=1S/C13H17IN2O4/c1-13(2)19-10-7(6-14)5-8(11(10)20-13)16-4-3-9(17)15-12(16)18/h3-4,7-8,10-11H,5-6H2,1-2H3,(H,15,17,18)/t7-,8-,10-,11+/m1/s1. The minimum atomic E-state index is -0.621. The van der Waals surface area contributed by atoms with Crippen molar-refractivity contribution in [1.29, 1.82) is 0 Å². The molecule has 0 aromatic carbocycles. The fourth-order valence-corrected chi connectivity index (χ4v) is 4.03. The van der Waals surface area contributed by atoms with Crippen LogP contribution >= 0.6 is 22.6 Å². The molecule has 1 saturated heterocycles. The molecule has 1 aliphatic heterocycles. The topological polar surface area (TPSA) is 73.3 Å². The Hall–Kier alpha value is -0.670. The second-order valence-electron chi connectivity index (χ2n) is 5.80. The summed E-state index contributed by atoms with van der Waals surface area (Å²) in [5.41, 5.74) is -0.765. The van der Waals surface area contributed by atoms with Crippen LogP contribution in [-0.2, 0) is 9.47 Å². The number of nitrogens with zero attached hydrogens (tertiary/aromatic N) is 1. The number of halogens is 1. The maximum atomic E-state index is 12.0. The third-order valence-electron chi connectivity index (χ3n) is 3.96. The van der Waals surface area contributed by atoms with Crippen molar-refractivity contribution in [2.45, 2.75) is 44.3 Å². The lowest BCUT2D eigenvalue weighted by Gasteiger charge is -2.23. The highest BCUT2D eigenvalue weighted by atomic mass is 127. The minimum absolute atomic E-state index is 0.00530. The average Bonchev–Trinajstić information content (AvgIpc) is 2.83. The number of ether oxygens (including phenoxy) is 2. The van der Waals surface area contributed by atoms with Crippen molar-refractivity contribution in [1.82, 2.24) is 9.55 Å². The van der Waals surface area contributed by atoms with E-state index < -0.39 is 5.79 Å². The molecule has 4 atom stereocenters. The molecule has 1 aromatic rings. The summed E-state index contributed by atoms with van der Waals surface area (Å²) < 4.78 is 14.5. The molecule has 1 saturated carbocycles. The number of H-pyrrole nitrogens is 1. The van der Waals surface area contributed by atoms with E-state index in [4.69, 9.17) is 9.47 Å². The van der Waals surface area contributed by atoms with Crippen molar-refractivity contribution < 1.29 is 9.47 Å². The van der Waals surface area contributed by atoms with Gasteiger partial charge in [0.1, 0.15) is 6.10 Å². The summed E-state index contributed by atoms with van der Waals surface area (Å²) in [6, 6.07) is 1.28. The second kappa shape index (κ2) is 4.96. The molecule has 1 N–H and O–H groups in total. The van der Waals surface area contributed by atoms with Crippen LogP contribution in [0.2, 0.25) is 0 Å². The van der Waals surface area contributed by atoms with E-state index in [1.54, 1.807) is 10.8 Å². The van der Waals surface area contributed by atoms with Crippen LogP contribution < -0.4 is 11.2 Å². The molecule has 110 valence electrons. The van der Waals surface area contributed by atoms with Gasteiger partial charge in [-0.15, -0.1) is 0 Å². The number of rotatable bonds is 2. The maximum absolute atomic E-state index is 12.0. The van der Waals surface area contributed by atoms with Gasteiger partial charge in [-0.2, -0.15) is 0 Å². The molecule has 0 bridgehead atoms. The fourth-order valence-electron chi connectivity index (χ4n) is 3.17. The Morgan fingerprint density at radius 2 is 2.10 bits per heavy atom. The van der Waals surface area contributed by atoms with E-state index in [-0.39, 0.29) is 29.5 Å². The highest BCUT2D eigenvalue weighted by molar-refractivity contribution is 14.1. The predicted octanol–water partition coefficient (Wildman–Crippen LogP) is 1.05. The van der Waals surface area contributed by atoms with E-state index in [1.807, 2.05) is 13.8 Å². The predicted molar refractivity (Wildman–Crippen MR) is 81.2 cm³/mol. The monoisotopic (exact) mass is 392 g/mol. The molecule has 1 aromatic heterocycles. The Kier molecular flexibility index (Phi) is 3.54. The van der Waals surface area contributed by atoms with E-state index >= 15 is 0 Å². The molecule has 6 nitrogen and oxygen atoms in total. The molecular formula is C13H17IN2O4. The lowest BCUT2D eigenvalue weighted by molar-refractivity contribution is -0.159. The van der Waals surface area contributed by atoms with Gasteiger partial charge in [0.25, 0.3) is 5.56 Å². The number of hydrogen-bond acceptors (Lipinski definition) is 4. The summed E-state index contributed by atoms with van der Waals surface area (Å²) >= 11 is 2.34. The zero-order valence-corrected chi connectivity index (χ0v) is 13.5. The summed E-state index contributed by atoms with van der Waals surface area (Å²) in [7, 11) is 0. The Morgan fingerprint density at radius 1 is 1.40 bits per heavy atom. The zero-order chi connectivity index (χ0) is 14.5. The first-order chi connectivity index (χ1) is 9.41. The van der Waals surface area contributed by atoms with Gasteiger partial charge in [0.05, 0.1) is 12.1 Å². The van der Waals surface area contributed by atoms with Crippen molar-refractivity contribution in [3.63, 3.8) is 0 Å². The molecule has 7 heteroatoms. The first kappa shape index (κ1) is 14.3.